The summed E-state index contributed by atoms with van der Waals surface area (Å²) in [6.07, 6.45) is 0.774. The van der Waals surface area contributed by atoms with E-state index in [1.807, 2.05) is 32.2 Å². The molecule has 3 heterocycles. The fourth-order valence-electron chi connectivity index (χ4n) is 3.96. The van der Waals surface area contributed by atoms with Crippen molar-refractivity contribution >= 4 is 45.7 Å². The summed E-state index contributed by atoms with van der Waals surface area (Å²) in [6, 6.07) is 9.01. The van der Waals surface area contributed by atoms with E-state index in [0.29, 0.717) is 21.3 Å². The van der Waals surface area contributed by atoms with Crippen LogP contribution < -0.4 is 10.1 Å². The summed E-state index contributed by atoms with van der Waals surface area (Å²) in [4.78, 5) is 37.9. The minimum Gasteiger partial charge on any atom is -0.497 e. The fraction of sp³-hybridized carbons (Fsp3) is 0.417. The zero-order valence-electron chi connectivity index (χ0n) is 19.7. The molecule has 0 saturated carbocycles. The van der Waals surface area contributed by atoms with E-state index in [1.165, 1.54) is 23.1 Å². The van der Waals surface area contributed by atoms with Gasteiger partial charge in [0.05, 0.1) is 40.3 Å². The number of carbonyl (C=O) groups excluding carboxylic acids is 2. The number of methoxy groups -OCH3 is 2. The molecule has 1 fully saturated rings. The molecular formula is C24H28N4O4S2. The second-order valence-corrected chi connectivity index (χ2v) is 10.3. The van der Waals surface area contributed by atoms with E-state index in [2.05, 4.69) is 20.2 Å². The van der Waals surface area contributed by atoms with Gasteiger partial charge >= 0.3 is 0 Å². The molecule has 4 rings (SSSR count). The van der Waals surface area contributed by atoms with Crippen molar-refractivity contribution in [2.45, 2.75) is 30.5 Å². The average Bonchev–Trinajstić information content (AvgIpc) is 3.33. The quantitative estimate of drug-likeness (QED) is 0.286. The van der Waals surface area contributed by atoms with Gasteiger partial charge in [-0.1, -0.05) is 11.8 Å². The maximum absolute atomic E-state index is 12.9. The van der Waals surface area contributed by atoms with Crippen molar-refractivity contribution in [3.8, 4) is 5.75 Å². The molecule has 1 amide bonds. The van der Waals surface area contributed by atoms with Gasteiger partial charge in [-0.2, -0.15) is 0 Å². The van der Waals surface area contributed by atoms with Gasteiger partial charge in [0, 0.05) is 19.0 Å². The summed E-state index contributed by atoms with van der Waals surface area (Å²) in [5, 5.41) is 4.66. The number of hydrogen-bond donors (Lipinski definition) is 1. The molecule has 180 valence electrons. The number of nitrogens with zero attached hydrogens (tertiary/aromatic N) is 3. The molecule has 0 unspecified atom stereocenters. The zero-order chi connectivity index (χ0) is 24.2. The Kier molecular flexibility index (Phi) is 7.82. The summed E-state index contributed by atoms with van der Waals surface area (Å²) >= 11 is 2.58. The Bertz CT molecular complexity index is 1200. The highest BCUT2D eigenvalue weighted by atomic mass is 32.2. The predicted octanol–water partition coefficient (Wildman–Crippen LogP) is 3.43. The van der Waals surface area contributed by atoms with Crippen molar-refractivity contribution in [1.29, 1.82) is 0 Å². The molecule has 0 spiro atoms. The first-order valence-electron chi connectivity index (χ1n) is 11.0. The first-order valence-corrected chi connectivity index (χ1v) is 12.8. The summed E-state index contributed by atoms with van der Waals surface area (Å²) in [6.45, 7) is 3.51. The van der Waals surface area contributed by atoms with Gasteiger partial charge in [-0.15, -0.1) is 11.3 Å². The number of piperidine rings is 1. The van der Waals surface area contributed by atoms with Crippen LogP contribution in [0.15, 0.2) is 35.4 Å². The number of carbonyl (C=O) groups is 2. The fourth-order valence-corrected chi connectivity index (χ4v) is 5.83. The van der Waals surface area contributed by atoms with Crippen molar-refractivity contribution in [2.75, 3.05) is 40.1 Å². The lowest BCUT2D eigenvalue weighted by Crippen LogP contribution is -2.53. The Labute approximate surface area is 207 Å². The summed E-state index contributed by atoms with van der Waals surface area (Å²) in [5.41, 5.74) is 0.807. The normalized spacial score (nSPS) is 18.7. The topological polar surface area (TPSA) is 93.7 Å². The van der Waals surface area contributed by atoms with Gasteiger partial charge in [0.1, 0.15) is 16.6 Å². The van der Waals surface area contributed by atoms with Crippen LogP contribution in [0.5, 0.6) is 5.75 Å². The number of benzene rings is 1. The first kappa shape index (κ1) is 24.6. The third kappa shape index (κ3) is 5.57. The smallest absolute Gasteiger partial charge is 0.261 e. The number of nitrogens with one attached hydrogen (secondary N) is 1. The van der Waals surface area contributed by atoms with Crippen molar-refractivity contribution in [3.63, 3.8) is 0 Å². The van der Waals surface area contributed by atoms with Crippen LogP contribution in [0.2, 0.25) is 0 Å². The number of ketones is 1. The number of rotatable bonds is 8. The van der Waals surface area contributed by atoms with Crippen LogP contribution in [0.25, 0.3) is 10.9 Å². The number of thioether (sulfide) groups is 1. The molecule has 2 atom stereocenters. The Morgan fingerprint density at radius 1 is 1.21 bits per heavy atom. The Balaban J connectivity index is 1.42. The molecule has 1 aliphatic heterocycles. The van der Waals surface area contributed by atoms with Gasteiger partial charge in [0.15, 0.2) is 5.78 Å². The monoisotopic (exact) mass is 500 g/mol. The van der Waals surface area contributed by atoms with Gasteiger partial charge in [-0.25, -0.2) is 9.97 Å². The van der Waals surface area contributed by atoms with Crippen molar-refractivity contribution in [2.24, 2.45) is 0 Å². The minimum atomic E-state index is -0.169. The summed E-state index contributed by atoms with van der Waals surface area (Å²) in [5.74, 6) is 1.35. The largest absolute Gasteiger partial charge is 0.497 e. The molecule has 0 radical (unpaired) electrons. The van der Waals surface area contributed by atoms with Crippen LogP contribution in [-0.2, 0) is 4.74 Å². The zero-order valence-corrected chi connectivity index (χ0v) is 21.3. The number of likely N-dealkylation sites (N-methyl/N-ethyl adjacent to an activating group) is 1. The number of hydrogen-bond acceptors (Lipinski definition) is 9. The Morgan fingerprint density at radius 2 is 2.00 bits per heavy atom. The van der Waals surface area contributed by atoms with E-state index >= 15 is 0 Å². The summed E-state index contributed by atoms with van der Waals surface area (Å²) < 4.78 is 10.9. The number of amides is 1. The number of aromatic nitrogens is 2. The molecule has 10 heteroatoms. The lowest BCUT2D eigenvalue weighted by molar-refractivity contribution is 0.0143. The van der Waals surface area contributed by atoms with Crippen LogP contribution >= 0.6 is 23.1 Å². The van der Waals surface area contributed by atoms with E-state index in [9.17, 15) is 9.59 Å². The van der Waals surface area contributed by atoms with Gasteiger partial charge in [0.2, 0.25) is 0 Å². The molecule has 2 aromatic heterocycles. The van der Waals surface area contributed by atoms with Gasteiger partial charge in [-0.3, -0.25) is 9.59 Å². The standard InChI is InChI=1S/C24H28N4O4S2/c1-14-25-17-6-5-15(31-3)11-16(17)24(26-14)33-13-19(29)21-7-8-22(34-21)23(30)27-18-9-10-28(2)12-20(18)32-4/h5-8,11,18,20H,9-10,12-13H2,1-4H3,(H,27,30)/t18-,20-/m1/s1. The maximum Gasteiger partial charge on any atom is 0.261 e. The van der Waals surface area contributed by atoms with Crippen molar-refractivity contribution in [1.82, 2.24) is 20.2 Å². The number of likely N-dealkylation sites (tertiary alicyclic amines) is 1. The Hall–Kier alpha value is -2.53. The molecule has 0 bridgehead atoms. The third-order valence-corrected chi connectivity index (χ3v) is 7.92. The average molecular weight is 501 g/mol. The molecule has 1 N–H and O–H groups in total. The van der Waals surface area contributed by atoms with Crippen molar-refractivity contribution in [3.05, 3.63) is 45.9 Å². The third-order valence-electron chi connectivity index (χ3n) is 5.81. The van der Waals surface area contributed by atoms with E-state index in [-0.39, 0.29) is 29.6 Å². The second kappa shape index (κ2) is 10.8. The molecule has 34 heavy (non-hydrogen) atoms. The number of thiophene rings is 1. The number of ether oxygens (including phenoxy) is 2. The highest BCUT2D eigenvalue weighted by molar-refractivity contribution is 8.00. The van der Waals surface area contributed by atoms with E-state index in [1.54, 1.807) is 26.4 Å². The van der Waals surface area contributed by atoms with Crippen LogP contribution in [0, 0.1) is 6.92 Å². The lowest BCUT2D eigenvalue weighted by atomic mass is 10.0. The Morgan fingerprint density at radius 3 is 2.76 bits per heavy atom. The van der Waals surface area contributed by atoms with Crippen LogP contribution in [0.3, 0.4) is 0 Å². The molecule has 0 aliphatic carbocycles. The molecule has 1 aromatic carbocycles. The van der Waals surface area contributed by atoms with Gasteiger partial charge in [-0.05, 0) is 57.3 Å². The van der Waals surface area contributed by atoms with Gasteiger partial charge in [0.25, 0.3) is 5.91 Å². The molecule has 3 aromatic rings. The predicted molar refractivity (Wildman–Crippen MR) is 134 cm³/mol. The van der Waals surface area contributed by atoms with Crippen LogP contribution in [0.1, 0.15) is 31.6 Å². The molecular weight excluding hydrogens is 472 g/mol. The minimum absolute atomic E-state index is 0.0446. The van der Waals surface area contributed by atoms with Crippen LogP contribution in [0.4, 0.5) is 0 Å². The SMILES string of the molecule is COc1ccc2nc(C)nc(SCC(=O)c3ccc(C(=O)N[C@@H]4CCN(C)C[C@H]4OC)s3)c2c1. The number of Topliss-reactive ketones (excluding diaryl/α,β-unsaturated/α-hetero) is 1. The molecule has 8 nitrogen and oxygen atoms in total. The highest BCUT2D eigenvalue weighted by Crippen LogP contribution is 2.30. The summed E-state index contributed by atoms with van der Waals surface area (Å²) in [7, 11) is 5.32. The van der Waals surface area contributed by atoms with Gasteiger partial charge < -0.3 is 19.7 Å². The van der Waals surface area contributed by atoms with E-state index in [4.69, 9.17) is 9.47 Å². The number of fused-ring (bicyclic) bond motifs is 1. The van der Waals surface area contributed by atoms with E-state index in [0.717, 1.165) is 35.4 Å². The second-order valence-electron chi connectivity index (χ2n) is 8.24. The number of aryl methyl sites for hydroxylation is 1. The van der Waals surface area contributed by atoms with Crippen LogP contribution in [-0.4, -0.2) is 78.8 Å². The maximum atomic E-state index is 12.9. The van der Waals surface area contributed by atoms with E-state index < -0.39 is 0 Å². The lowest BCUT2D eigenvalue weighted by Gasteiger charge is -2.36. The highest BCUT2D eigenvalue weighted by Gasteiger charge is 2.29. The van der Waals surface area contributed by atoms with Crippen molar-refractivity contribution < 1.29 is 19.1 Å². The molecule has 1 aliphatic rings. The molecule has 1 saturated heterocycles. The first-order chi connectivity index (χ1) is 16.4.